The van der Waals surface area contributed by atoms with E-state index >= 15 is 0 Å². The molecule has 2 aliphatic rings. The maximum absolute atomic E-state index is 13.3. The number of nitrogens with zero attached hydrogens (tertiary/aromatic N) is 1. The molecular formula is C16H15BrF3N3O3S. The largest absolute Gasteiger partial charge is 0.417 e. The summed E-state index contributed by atoms with van der Waals surface area (Å²) >= 11 is 2.92. The number of sulfone groups is 1. The first kappa shape index (κ1) is 20.1. The molecule has 146 valence electrons. The van der Waals surface area contributed by atoms with Gasteiger partial charge in [-0.2, -0.15) is 18.4 Å². The lowest BCUT2D eigenvalue weighted by Crippen LogP contribution is -2.45. The van der Waals surface area contributed by atoms with Crippen LogP contribution in [0.4, 0.5) is 13.2 Å². The average Bonchev–Trinajstić information content (AvgIpc) is 3.16. The zero-order valence-corrected chi connectivity index (χ0v) is 16.2. The van der Waals surface area contributed by atoms with Crippen molar-refractivity contribution in [2.75, 3.05) is 6.54 Å². The van der Waals surface area contributed by atoms with Crippen molar-refractivity contribution in [2.45, 2.75) is 47.2 Å². The van der Waals surface area contributed by atoms with Gasteiger partial charge in [0.15, 0.2) is 9.84 Å². The molecule has 1 aromatic rings. The van der Waals surface area contributed by atoms with Crippen LogP contribution in [0, 0.1) is 11.3 Å². The smallest absolute Gasteiger partial charge is 0.336 e. The standard InChI is InChI=1S/C16H15BrF3N3O3S/c17-9-1-2-13(11(5-9)16(18,19)20)27(25,26)10-6-12(22-7-10)14(24)23-15(8-21)3-4-15/h1-2,5,10,12,22H,3-4,6-7H2,(H,23,24)/t10-,12+/m1/s1. The van der Waals surface area contributed by atoms with E-state index in [2.05, 4.69) is 26.6 Å². The minimum Gasteiger partial charge on any atom is -0.336 e. The molecule has 1 aliphatic heterocycles. The van der Waals surface area contributed by atoms with E-state index in [1.54, 1.807) is 0 Å². The Hall–Kier alpha value is -1.64. The van der Waals surface area contributed by atoms with Crippen molar-refractivity contribution in [3.63, 3.8) is 0 Å². The average molecular weight is 466 g/mol. The number of carbonyl (C=O) groups excluding carboxylic acids is 1. The van der Waals surface area contributed by atoms with Crippen LogP contribution in [-0.4, -0.2) is 37.7 Å². The summed E-state index contributed by atoms with van der Waals surface area (Å²) in [5, 5.41) is 13.1. The molecule has 0 radical (unpaired) electrons. The van der Waals surface area contributed by atoms with Gasteiger partial charge in [0.25, 0.3) is 0 Å². The van der Waals surface area contributed by atoms with Gasteiger partial charge in [0.1, 0.15) is 5.54 Å². The van der Waals surface area contributed by atoms with Crippen molar-refractivity contribution in [3.8, 4) is 6.07 Å². The molecule has 6 nitrogen and oxygen atoms in total. The normalized spacial score (nSPS) is 24.3. The first-order chi connectivity index (χ1) is 12.5. The van der Waals surface area contributed by atoms with Gasteiger partial charge >= 0.3 is 6.18 Å². The van der Waals surface area contributed by atoms with Gasteiger partial charge in [-0.05, 0) is 37.5 Å². The van der Waals surface area contributed by atoms with E-state index in [9.17, 15) is 26.4 Å². The summed E-state index contributed by atoms with van der Waals surface area (Å²) in [6.07, 6.45) is -3.95. The van der Waals surface area contributed by atoms with Crippen molar-refractivity contribution < 1.29 is 26.4 Å². The Morgan fingerprint density at radius 2 is 2.04 bits per heavy atom. The molecule has 2 N–H and O–H groups in total. The zero-order valence-electron chi connectivity index (χ0n) is 13.8. The highest BCUT2D eigenvalue weighted by molar-refractivity contribution is 9.10. The number of alkyl halides is 3. The fourth-order valence-electron chi connectivity index (χ4n) is 3.00. The highest BCUT2D eigenvalue weighted by Crippen LogP contribution is 2.38. The van der Waals surface area contributed by atoms with Crippen molar-refractivity contribution in [2.24, 2.45) is 0 Å². The van der Waals surface area contributed by atoms with E-state index in [4.69, 9.17) is 5.26 Å². The Bertz CT molecular complexity index is 923. The van der Waals surface area contributed by atoms with Crippen LogP contribution in [0.2, 0.25) is 0 Å². The Kier molecular flexibility index (Phi) is 5.03. The second-order valence-electron chi connectivity index (χ2n) is 6.68. The van der Waals surface area contributed by atoms with Gasteiger partial charge in [-0.15, -0.1) is 0 Å². The van der Waals surface area contributed by atoms with E-state index in [0.29, 0.717) is 12.8 Å². The molecule has 2 atom stereocenters. The number of nitrogens with one attached hydrogen (secondary N) is 2. The molecule has 27 heavy (non-hydrogen) atoms. The fraction of sp³-hybridized carbons (Fsp3) is 0.500. The van der Waals surface area contributed by atoms with Gasteiger partial charge in [-0.3, -0.25) is 4.79 Å². The summed E-state index contributed by atoms with van der Waals surface area (Å²) in [5.74, 6) is -0.515. The third-order valence-electron chi connectivity index (χ3n) is 4.73. The lowest BCUT2D eigenvalue weighted by atomic mass is 10.2. The fourth-order valence-corrected chi connectivity index (χ4v) is 5.22. The molecule has 0 spiro atoms. The molecule has 1 amide bonds. The number of rotatable bonds is 4. The van der Waals surface area contributed by atoms with Crippen LogP contribution in [0.5, 0.6) is 0 Å². The Morgan fingerprint density at radius 1 is 1.37 bits per heavy atom. The highest BCUT2D eigenvalue weighted by Gasteiger charge is 2.48. The van der Waals surface area contributed by atoms with E-state index in [-0.39, 0.29) is 17.4 Å². The number of hydrogen-bond acceptors (Lipinski definition) is 5. The predicted octanol–water partition coefficient (Wildman–Crippen LogP) is 2.14. The zero-order chi connectivity index (χ0) is 20.0. The van der Waals surface area contributed by atoms with Gasteiger partial charge in [-0.1, -0.05) is 15.9 Å². The first-order valence-electron chi connectivity index (χ1n) is 8.06. The quantitative estimate of drug-likeness (QED) is 0.709. The molecule has 1 aromatic carbocycles. The van der Waals surface area contributed by atoms with Gasteiger partial charge in [0.2, 0.25) is 5.91 Å². The molecule has 1 saturated carbocycles. The van der Waals surface area contributed by atoms with Crippen LogP contribution >= 0.6 is 15.9 Å². The maximum atomic E-state index is 13.3. The maximum Gasteiger partial charge on any atom is 0.417 e. The van der Waals surface area contributed by atoms with Gasteiger partial charge in [0.05, 0.1) is 27.8 Å². The van der Waals surface area contributed by atoms with Crippen molar-refractivity contribution in [3.05, 3.63) is 28.2 Å². The molecule has 3 rings (SSSR count). The topological polar surface area (TPSA) is 99.1 Å². The highest BCUT2D eigenvalue weighted by atomic mass is 79.9. The number of benzene rings is 1. The molecule has 0 bridgehead atoms. The van der Waals surface area contributed by atoms with Crippen LogP contribution < -0.4 is 10.6 Å². The van der Waals surface area contributed by atoms with Crippen molar-refractivity contribution in [1.29, 1.82) is 5.26 Å². The van der Waals surface area contributed by atoms with Gasteiger partial charge in [-0.25, -0.2) is 8.42 Å². The second kappa shape index (κ2) is 6.76. The molecular weight excluding hydrogens is 451 g/mol. The summed E-state index contributed by atoms with van der Waals surface area (Å²) in [6, 6.07) is 4.00. The molecule has 11 heteroatoms. The molecule has 1 heterocycles. The molecule has 1 aliphatic carbocycles. The van der Waals surface area contributed by atoms with Crippen LogP contribution in [0.15, 0.2) is 27.6 Å². The minimum atomic E-state index is -4.83. The van der Waals surface area contributed by atoms with E-state index in [1.165, 1.54) is 6.07 Å². The number of nitriles is 1. The summed E-state index contributed by atoms with van der Waals surface area (Å²) in [5.41, 5.74) is -2.14. The van der Waals surface area contributed by atoms with Crippen LogP contribution in [0.3, 0.4) is 0 Å². The molecule has 1 saturated heterocycles. The van der Waals surface area contributed by atoms with Crippen molar-refractivity contribution >= 4 is 31.7 Å². The number of hydrogen-bond donors (Lipinski definition) is 2. The SMILES string of the molecule is N#CC1(NC(=O)[C@@H]2C[C@@H](S(=O)(=O)c3ccc(Br)cc3C(F)(F)F)CN2)CC1. The first-order valence-corrected chi connectivity index (χ1v) is 10.4. The van der Waals surface area contributed by atoms with Crippen molar-refractivity contribution in [1.82, 2.24) is 10.6 Å². The summed E-state index contributed by atoms with van der Waals surface area (Å²) < 4.78 is 65.6. The Balaban J connectivity index is 1.81. The molecule has 2 fully saturated rings. The third kappa shape index (κ3) is 3.97. The number of amides is 1. The van der Waals surface area contributed by atoms with Crippen LogP contribution in [-0.2, 0) is 20.8 Å². The lowest BCUT2D eigenvalue weighted by molar-refractivity contribution is -0.140. The third-order valence-corrected chi connectivity index (χ3v) is 7.42. The minimum absolute atomic E-state index is 0.113. The Labute approximate surface area is 162 Å². The molecule has 0 unspecified atom stereocenters. The van der Waals surface area contributed by atoms with Crippen LogP contribution in [0.1, 0.15) is 24.8 Å². The van der Waals surface area contributed by atoms with Crippen LogP contribution in [0.25, 0.3) is 0 Å². The second-order valence-corrected chi connectivity index (χ2v) is 9.80. The van der Waals surface area contributed by atoms with Gasteiger partial charge < -0.3 is 10.6 Å². The predicted molar refractivity (Wildman–Crippen MR) is 92.2 cm³/mol. The van der Waals surface area contributed by atoms with E-state index in [0.717, 1.165) is 12.1 Å². The monoisotopic (exact) mass is 465 g/mol. The van der Waals surface area contributed by atoms with E-state index < -0.39 is 49.2 Å². The summed E-state index contributed by atoms with van der Waals surface area (Å²) in [4.78, 5) is 11.4. The number of carbonyl (C=O) groups is 1. The number of halogens is 4. The van der Waals surface area contributed by atoms with Gasteiger partial charge in [0, 0.05) is 11.0 Å². The summed E-state index contributed by atoms with van der Waals surface area (Å²) in [7, 11) is -4.32. The lowest BCUT2D eigenvalue weighted by Gasteiger charge is -2.17. The Morgan fingerprint density at radius 3 is 2.59 bits per heavy atom. The molecule has 0 aromatic heterocycles. The van der Waals surface area contributed by atoms with E-state index in [1.807, 2.05) is 6.07 Å². The summed E-state index contributed by atoms with van der Waals surface area (Å²) in [6.45, 7) is -0.146.